The number of benzene rings is 1. The van der Waals surface area contributed by atoms with Crippen LogP contribution in [0.5, 0.6) is 17.2 Å². The topological polar surface area (TPSA) is 60.0 Å². The zero-order chi connectivity index (χ0) is 16.4. The molecule has 24 heavy (non-hydrogen) atoms. The fourth-order valence-electron chi connectivity index (χ4n) is 3.62. The largest absolute Gasteiger partial charge is 0.493 e. The molecular weight excluding hydrogens is 332 g/mol. The Kier molecular flexibility index (Phi) is 6.18. The minimum absolute atomic E-state index is 0. The van der Waals surface area contributed by atoms with Crippen LogP contribution in [0.2, 0.25) is 0 Å². The SMILES string of the molecule is COc1cc(C(=O)N2CCC3NCCC3C2)cc(OC)c1OC.Cl. The maximum Gasteiger partial charge on any atom is 0.254 e. The van der Waals surface area contributed by atoms with E-state index in [4.69, 9.17) is 14.2 Å². The minimum Gasteiger partial charge on any atom is -0.493 e. The monoisotopic (exact) mass is 356 g/mol. The van der Waals surface area contributed by atoms with Gasteiger partial charge in [-0.3, -0.25) is 4.79 Å². The van der Waals surface area contributed by atoms with E-state index in [9.17, 15) is 4.79 Å². The van der Waals surface area contributed by atoms with Gasteiger partial charge in [0.25, 0.3) is 5.91 Å². The highest BCUT2D eigenvalue weighted by molar-refractivity contribution is 5.95. The van der Waals surface area contributed by atoms with Gasteiger partial charge in [0, 0.05) is 24.7 Å². The molecule has 2 atom stereocenters. The molecule has 0 saturated carbocycles. The molecule has 0 aliphatic carbocycles. The Morgan fingerprint density at radius 1 is 1.12 bits per heavy atom. The van der Waals surface area contributed by atoms with E-state index in [1.165, 1.54) is 0 Å². The number of piperidine rings is 1. The predicted molar refractivity (Wildman–Crippen MR) is 93.8 cm³/mol. The van der Waals surface area contributed by atoms with Crippen LogP contribution in [0.25, 0.3) is 0 Å². The van der Waals surface area contributed by atoms with E-state index < -0.39 is 0 Å². The second-order valence-corrected chi connectivity index (χ2v) is 6.06. The molecular formula is C17H25ClN2O4. The van der Waals surface area contributed by atoms with Gasteiger partial charge in [0.1, 0.15) is 0 Å². The van der Waals surface area contributed by atoms with Gasteiger partial charge in [-0.1, -0.05) is 0 Å². The lowest BCUT2D eigenvalue weighted by Crippen LogP contribution is -2.46. The molecule has 2 fully saturated rings. The Bertz CT molecular complexity index is 571. The summed E-state index contributed by atoms with van der Waals surface area (Å²) in [5, 5.41) is 3.51. The number of nitrogens with one attached hydrogen (secondary N) is 1. The van der Waals surface area contributed by atoms with E-state index in [2.05, 4.69) is 5.32 Å². The number of carbonyl (C=O) groups excluding carboxylic acids is 1. The van der Waals surface area contributed by atoms with Crippen LogP contribution in [0.4, 0.5) is 0 Å². The molecule has 0 aromatic heterocycles. The first-order valence-corrected chi connectivity index (χ1v) is 8.00. The minimum atomic E-state index is 0. The lowest BCUT2D eigenvalue weighted by molar-refractivity contribution is 0.0661. The average molecular weight is 357 g/mol. The van der Waals surface area contributed by atoms with Crippen LogP contribution in [-0.4, -0.2) is 57.8 Å². The zero-order valence-corrected chi connectivity index (χ0v) is 15.1. The standard InChI is InChI=1S/C17H24N2O4.ClH/c1-21-14-8-12(9-15(22-2)16(14)23-3)17(20)19-7-5-13-11(10-19)4-6-18-13;/h8-9,11,13,18H,4-7,10H2,1-3H3;1H. The van der Waals surface area contributed by atoms with Gasteiger partial charge in [-0.2, -0.15) is 0 Å². The number of halogens is 1. The quantitative estimate of drug-likeness (QED) is 0.893. The molecule has 2 aliphatic rings. The first-order chi connectivity index (χ1) is 11.2. The number of carbonyl (C=O) groups is 1. The number of rotatable bonds is 4. The Morgan fingerprint density at radius 2 is 1.79 bits per heavy atom. The van der Waals surface area contributed by atoms with Gasteiger partial charge in [0.2, 0.25) is 5.75 Å². The Hall–Kier alpha value is -1.66. The van der Waals surface area contributed by atoms with Crippen molar-refractivity contribution in [3.63, 3.8) is 0 Å². The predicted octanol–water partition coefficient (Wildman–Crippen LogP) is 1.96. The first kappa shape index (κ1) is 18.7. The second-order valence-electron chi connectivity index (χ2n) is 6.06. The number of hydrogen-bond acceptors (Lipinski definition) is 5. The third-order valence-corrected chi connectivity index (χ3v) is 4.85. The number of methoxy groups -OCH3 is 3. The Balaban J connectivity index is 0.00000208. The Morgan fingerprint density at radius 3 is 2.38 bits per heavy atom. The van der Waals surface area contributed by atoms with Gasteiger partial charge in [0.15, 0.2) is 11.5 Å². The van der Waals surface area contributed by atoms with Crippen molar-refractivity contribution in [2.24, 2.45) is 5.92 Å². The summed E-state index contributed by atoms with van der Waals surface area (Å²) in [6.45, 7) is 2.65. The Labute approximate surface area is 148 Å². The first-order valence-electron chi connectivity index (χ1n) is 8.00. The molecule has 1 amide bonds. The van der Waals surface area contributed by atoms with E-state index in [1.807, 2.05) is 4.90 Å². The van der Waals surface area contributed by atoms with Crippen LogP contribution in [0.15, 0.2) is 12.1 Å². The summed E-state index contributed by atoms with van der Waals surface area (Å²) in [4.78, 5) is 14.8. The molecule has 0 bridgehead atoms. The van der Waals surface area contributed by atoms with Crippen molar-refractivity contribution in [2.45, 2.75) is 18.9 Å². The number of fused-ring (bicyclic) bond motifs is 1. The second kappa shape index (κ2) is 7.94. The van der Waals surface area contributed by atoms with Gasteiger partial charge >= 0.3 is 0 Å². The lowest BCUT2D eigenvalue weighted by Gasteiger charge is -2.35. The molecule has 0 spiro atoms. The molecule has 2 unspecified atom stereocenters. The summed E-state index contributed by atoms with van der Waals surface area (Å²) < 4.78 is 16.0. The third kappa shape index (κ3) is 3.39. The van der Waals surface area contributed by atoms with Gasteiger partial charge < -0.3 is 24.4 Å². The molecule has 7 heteroatoms. The van der Waals surface area contributed by atoms with Crippen LogP contribution in [-0.2, 0) is 0 Å². The maximum atomic E-state index is 12.9. The fraction of sp³-hybridized carbons (Fsp3) is 0.588. The van der Waals surface area contributed by atoms with Crippen molar-refractivity contribution in [2.75, 3.05) is 41.0 Å². The summed E-state index contributed by atoms with van der Waals surface area (Å²) in [5.41, 5.74) is 0.573. The number of nitrogens with zero attached hydrogens (tertiary/aromatic N) is 1. The van der Waals surface area contributed by atoms with E-state index in [-0.39, 0.29) is 18.3 Å². The van der Waals surface area contributed by atoms with E-state index in [1.54, 1.807) is 33.5 Å². The highest BCUT2D eigenvalue weighted by atomic mass is 35.5. The molecule has 1 aromatic rings. The number of hydrogen-bond donors (Lipinski definition) is 1. The zero-order valence-electron chi connectivity index (χ0n) is 14.3. The van der Waals surface area contributed by atoms with E-state index >= 15 is 0 Å². The normalized spacial score (nSPS) is 22.4. The summed E-state index contributed by atoms with van der Waals surface area (Å²) in [7, 11) is 4.67. The summed E-state index contributed by atoms with van der Waals surface area (Å²) >= 11 is 0. The van der Waals surface area contributed by atoms with Gasteiger partial charge in [-0.15, -0.1) is 12.4 Å². The van der Waals surface area contributed by atoms with Crippen LogP contribution >= 0.6 is 12.4 Å². The molecule has 0 radical (unpaired) electrons. The summed E-state index contributed by atoms with van der Waals surface area (Å²) in [5.74, 6) is 2.11. The molecule has 2 heterocycles. The maximum absolute atomic E-state index is 12.9. The molecule has 6 nitrogen and oxygen atoms in total. The summed E-state index contributed by atoms with van der Waals surface area (Å²) in [6, 6.07) is 4.02. The van der Waals surface area contributed by atoms with Crippen molar-refractivity contribution >= 4 is 18.3 Å². The van der Waals surface area contributed by atoms with Crippen LogP contribution < -0.4 is 19.5 Å². The fourth-order valence-corrected chi connectivity index (χ4v) is 3.62. The lowest BCUT2D eigenvalue weighted by atomic mass is 9.93. The number of likely N-dealkylation sites (tertiary alicyclic amines) is 1. The molecule has 1 aromatic carbocycles. The van der Waals surface area contributed by atoms with Crippen molar-refractivity contribution < 1.29 is 19.0 Å². The highest BCUT2D eigenvalue weighted by Gasteiger charge is 2.35. The van der Waals surface area contributed by atoms with Crippen molar-refractivity contribution in [1.82, 2.24) is 10.2 Å². The molecule has 1 N–H and O–H groups in total. The van der Waals surface area contributed by atoms with Gasteiger partial charge in [0.05, 0.1) is 21.3 Å². The van der Waals surface area contributed by atoms with Crippen molar-refractivity contribution in [3.8, 4) is 17.2 Å². The highest BCUT2D eigenvalue weighted by Crippen LogP contribution is 2.38. The van der Waals surface area contributed by atoms with Gasteiger partial charge in [-0.25, -0.2) is 0 Å². The molecule has 3 rings (SSSR count). The van der Waals surface area contributed by atoms with Gasteiger partial charge in [-0.05, 0) is 37.4 Å². The smallest absolute Gasteiger partial charge is 0.254 e. The van der Waals surface area contributed by atoms with Crippen molar-refractivity contribution in [3.05, 3.63) is 17.7 Å². The molecule has 134 valence electrons. The van der Waals surface area contributed by atoms with Crippen molar-refractivity contribution in [1.29, 1.82) is 0 Å². The van der Waals surface area contributed by atoms with E-state index in [0.29, 0.717) is 34.8 Å². The van der Waals surface area contributed by atoms with Crippen LogP contribution in [0, 0.1) is 5.92 Å². The third-order valence-electron chi connectivity index (χ3n) is 4.85. The average Bonchev–Trinajstić information content (AvgIpc) is 3.07. The van der Waals surface area contributed by atoms with E-state index in [0.717, 1.165) is 32.5 Å². The summed E-state index contributed by atoms with van der Waals surface area (Å²) in [6.07, 6.45) is 2.16. The van der Waals surface area contributed by atoms with Crippen LogP contribution in [0.1, 0.15) is 23.2 Å². The number of ether oxygens (including phenoxy) is 3. The molecule has 2 saturated heterocycles. The van der Waals surface area contributed by atoms with Crippen LogP contribution in [0.3, 0.4) is 0 Å². The molecule has 2 aliphatic heterocycles. The number of amides is 1.